The molecule has 3 aromatic rings. The van der Waals surface area contributed by atoms with E-state index in [0.29, 0.717) is 74.7 Å². The third kappa shape index (κ3) is 6.92. The molecule has 13 heteroatoms. The van der Waals surface area contributed by atoms with Gasteiger partial charge in [-0.05, 0) is 62.7 Å². The van der Waals surface area contributed by atoms with Crippen LogP contribution in [-0.4, -0.2) is 74.6 Å². The highest BCUT2D eigenvalue weighted by molar-refractivity contribution is 7.07. The van der Waals surface area contributed by atoms with Gasteiger partial charge in [-0.2, -0.15) is 0 Å². The largest absolute Gasteiger partial charge is 0.496 e. The summed E-state index contributed by atoms with van der Waals surface area (Å²) < 4.78 is 29.7. The number of morpholine rings is 1. The van der Waals surface area contributed by atoms with Crippen LogP contribution in [0.25, 0.3) is 6.08 Å². The van der Waals surface area contributed by atoms with E-state index < -0.39 is 12.0 Å². The van der Waals surface area contributed by atoms with Crippen LogP contribution in [0, 0.1) is 0 Å². The predicted molar refractivity (Wildman–Crippen MR) is 169 cm³/mol. The summed E-state index contributed by atoms with van der Waals surface area (Å²) in [5.41, 5.74) is 1.48. The van der Waals surface area contributed by atoms with Crippen molar-refractivity contribution >= 4 is 40.9 Å². The average Bonchev–Trinajstić information content (AvgIpc) is 3.33. The highest BCUT2D eigenvalue weighted by Gasteiger charge is 2.35. The van der Waals surface area contributed by atoms with Gasteiger partial charge in [0.05, 0.1) is 49.3 Å². The lowest BCUT2D eigenvalue weighted by Gasteiger charge is -2.26. The molecule has 11 nitrogen and oxygen atoms in total. The van der Waals surface area contributed by atoms with Gasteiger partial charge in [0.15, 0.2) is 22.9 Å². The van der Waals surface area contributed by atoms with E-state index in [2.05, 4.69) is 4.99 Å². The summed E-state index contributed by atoms with van der Waals surface area (Å²) in [6, 6.07) is 9.34. The number of aromatic nitrogens is 1. The third-order valence-electron chi connectivity index (χ3n) is 7.27. The van der Waals surface area contributed by atoms with Crippen LogP contribution in [0.1, 0.15) is 37.9 Å². The zero-order valence-electron chi connectivity index (χ0n) is 25.6. The molecule has 2 aliphatic heterocycles. The van der Waals surface area contributed by atoms with E-state index in [1.165, 1.54) is 30.1 Å². The number of hydrogen-bond donors (Lipinski definition) is 0. The Bertz CT molecular complexity index is 1820. The van der Waals surface area contributed by atoms with Crippen LogP contribution in [-0.2, 0) is 19.1 Å². The van der Waals surface area contributed by atoms with Gasteiger partial charge in [-0.25, -0.2) is 9.79 Å². The van der Waals surface area contributed by atoms with Gasteiger partial charge >= 0.3 is 5.97 Å². The van der Waals surface area contributed by atoms with Crippen LogP contribution < -0.4 is 29.1 Å². The first kappa shape index (κ1) is 32.3. The zero-order chi connectivity index (χ0) is 32.2. The van der Waals surface area contributed by atoms with Gasteiger partial charge in [0, 0.05) is 23.7 Å². The molecule has 45 heavy (non-hydrogen) atoms. The lowest BCUT2D eigenvalue weighted by atomic mass is 9.95. The monoisotopic (exact) mass is 655 g/mol. The number of rotatable bonds is 9. The van der Waals surface area contributed by atoms with Gasteiger partial charge in [-0.15, -0.1) is 0 Å². The summed E-state index contributed by atoms with van der Waals surface area (Å²) >= 11 is 7.58. The van der Waals surface area contributed by atoms with E-state index in [-0.39, 0.29) is 29.8 Å². The predicted octanol–water partition coefficient (Wildman–Crippen LogP) is 3.10. The molecular formula is C32H34ClN3O8S. The van der Waals surface area contributed by atoms with Crippen molar-refractivity contribution in [2.24, 2.45) is 4.99 Å². The Morgan fingerprint density at radius 3 is 2.49 bits per heavy atom. The number of esters is 1. The van der Waals surface area contributed by atoms with E-state index >= 15 is 0 Å². The topological polar surface area (TPSA) is 118 Å². The maximum Gasteiger partial charge on any atom is 0.338 e. The normalized spacial score (nSPS) is 16.7. The van der Waals surface area contributed by atoms with Crippen molar-refractivity contribution in [2.45, 2.75) is 32.9 Å². The minimum absolute atomic E-state index is 0.136. The number of hydrogen-bond acceptors (Lipinski definition) is 10. The Hall–Kier alpha value is -4.13. The van der Waals surface area contributed by atoms with E-state index in [0.717, 1.165) is 0 Å². The maximum atomic E-state index is 14.1. The molecule has 2 aromatic carbocycles. The summed E-state index contributed by atoms with van der Waals surface area (Å²) in [6.07, 6.45) is 1.33. The van der Waals surface area contributed by atoms with Crippen molar-refractivity contribution in [3.8, 4) is 17.2 Å². The zero-order valence-corrected chi connectivity index (χ0v) is 27.2. The van der Waals surface area contributed by atoms with E-state index in [1.54, 1.807) is 68.1 Å². The summed E-state index contributed by atoms with van der Waals surface area (Å²) in [6.45, 7) is 7.15. The Labute approximate surface area is 268 Å². The number of ether oxygens (including phenoxy) is 5. The molecule has 0 aliphatic carbocycles. The second-order valence-corrected chi connectivity index (χ2v) is 12.1. The molecule has 1 aromatic heterocycles. The van der Waals surface area contributed by atoms with Gasteiger partial charge in [0.2, 0.25) is 0 Å². The number of fused-ring (bicyclic) bond motifs is 1. The molecule has 1 amide bonds. The molecular weight excluding hydrogens is 622 g/mol. The van der Waals surface area contributed by atoms with Crippen molar-refractivity contribution in [3.05, 3.63) is 83.5 Å². The Morgan fingerprint density at radius 1 is 1.09 bits per heavy atom. The van der Waals surface area contributed by atoms with Gasteiger partial charge < -0.3 is 28.6 Å². The van der Waals surface area contributed by atoms with Crippen molar-refractivity contribution in [1.82, 2.24) is 9.47 Å². The first-order valence-electron chi connectivity index (χ1n) is 14.3. The van der Waals surface area contributed by atoms with Crippen LogP contribution in [0.2, 0.25) is 5.02 Å². The van der Waals surface area contributed by atoms with Gasteiger partial charge in [0.1, 0.15) is 11.8 Å². The molecule has 0 spiro atoms. The van der Waals surface area contributed by atoms with Crippen LogP contribution in [0.5, 0.6) is 17.2 Å². The number of benzene rings is 2. The minimum Gasteiger partial charge on any atom is -0.496 e. The number of methoxy groups -OCH3 is 2. The number of carbonyl (C=O) groups is 2. The number of thiazole rings is 1. The standard InChI is InChI=1S/C32H34ClN3O8S/c1-18(2)44-31(39)28-19(3)34-32-36(29(28)22-16-21(33)7-9-23(22)40-4)30(38)26(45-32)15-20-6-8-24(25(14-20)41-5)43-17-27(37)35-10-12-42-13-11-35/h6-9,14-16,18,29H,10-13,17H2,1-5H3/b26-15-/t29-/m0/s1. The molecule has 5 rings (SSSR count). The molecule has 0 unspecified atom stereocenters. The van der Waals surface area contributed by atoms with Crippen molar-refractivity contribution in [3.63, 3.8) is 0 Å². The third-order valence-corrected chi connectivity index (χ3v) is 8.49. The SMILES string of the molecule is COc1cc(/C=c2\sc3n(c2=O)[C@@H](c2cc(Cl)ccc2OC)C(C(=O)OC(C)C)=C(C)N=3)ccc1OCC(=O)N1CCOCC1. The second kappa shape index (κ2) is 13.9. The van der Waals surface area contributed by atoms with Crippen molar-refractivity contribution < 1.29 is 33.3 Å². The number of allylic oxidation sites excluding steroid dienone is 1. The molecule has 1 atom stereocenters. The fourth-order valence-corrected chi connectivity index (χ4v) is 6.39. The van der Waals surface area contributed by atoms with Crippen LogP contribution in [0.3, 0.4) is 0 Å². The smallest absolute Gasteiger partial charge is 0.338 e. The maximum absolute atomic E-state index is 14.1. The summed E-state index contributed by atoms with van der Waals surface area (Å²) in [5, 5.41) is 0.417. The quantitative estimate of drug-likeness (QED) is 0.323. The Kier molecular flexibility index (Phi) is 9.96. The van der Waals surface area contributed by atoms with E-state index in [9.17, 15) is 14.4 Å². The summed E-state index contributed by atoms with van der Waals surface area (Å²) in [5.74, 6) is 0.538. The van der Waals surface area contributed by atoms with Crippen LogP contribution >= 0.6 is 22.9 Å². The number of nitrogens with zero attached hydrogens (tertiary/aromatic N) is 3. The van der Waals surface area contributed by atoms with Gasteiger partial charge in [0.25, 0.3) is 11.5 Å². The van der Waals surface area contributed by atoms with Crippen molar-refractivity contribution in [1.29, 1.82) is 0 Å². The number of amides is 1. The Balaban J connectivity index is 1.53. The highest BCUT2D eigenvalue weighted by Crippen LogP contribution is 2.37. The van der Waals surface area contributed by atoms with Gasteiger partial charge in [-0.3, -0.25) is 14.2 Å². The highest BCUT2D eigenvalue weighted by atomic mass is 35.5. The molecule has 0 radical (unpaired) electrons. The van der Waals surface area contributed by atoms with E-state index in [1.807, 2.05) is 0 Å². The van der Waals surface area contributed by atoms with Gasteiger partial charge in [-0.1, -0.05) is 29.0 Å². The minimum atomic E-state index is -0.891. The second-order valence-electron chi connectivity index (χ2n) is 10.6. The molecule has 0 saturated carbocycles. The average molecular weight is 656 g/mol. The molecule has 2 aliphatic rings. The van der Waals surface area contributed by atoms with Crippen molar-refractivity contribution in [2.75, 3.05) is 47.1 Å². The molecule has 0 N–H and O–H groups in total. The molecule has 1 fully saturated rings. The lowest BCUT2D eigenvalue weighted by molar-refractivity contribution is -0.143. The summed E-state index contributed by atoms with van der Waals surface area (Å²) in [7, 11) is 3.01. The molecule has 1 saturated heterocycles. The fourth-order valence-electron chi connectivity index (χ4n) is 5.16. The van der Waals surface area contributed by atoms with Crippen LogP contribution in [0.4, 0.5) is 0 Å². The van der Waals surface area contributed by atoms with Crippen LogP contribution in [0.15, 0.2) is 57.5 Å². The lowest BCUT2D eigenvalue weighted by Crippen LogP contribution is -2.43. The molecule has 238 valence electrons. The first-order valence-corrected chi connectivity index (χ1v) is 15.5. The summed E-state index contributed by atoms with van der Waals surface area (Å²) in [4.78, 5) is 46.8. The Morgan fingerprint density at radius 2 is 1.80 bits per heavy atom. The number of carbonyl (C=O) groups excluding carboxylic acids is 2. The fraction of sp³-hybridized carbons (Fsp3) is 0.375. The number of halogens is 1. The first-order chi connectivity index (χ1) is 21.6. The molecule has 0 bridgehead atoms. The van der Waals surface area contributed by atoms with E-state index in [4.69, 9.17) is 35.3 Å². The molecule has 3 heterocycles.